The van der Waals surface area contributed by atoms with E-state index in [-0.39, 0.29) is 12.1 Å². The lowest BCUT2D eigenvalue weighted by molar-refractivity contribution is -0.392. The van der Waals surface area contributed by atoms with Crippen molar-refractivity contribution in [3.05, 3.63) is 40.6 Å². The Kier molecular flexibility index (Phi) is 5.56. The molecule has 0 saturated carbocycles. The molecule has 0 spiro atoms. The summed E-state index contributed by atoms with van der Waals surface area (Å²) in [5.41, 5.74) is -0.224. The van der Waals surface area contributed by atoms with Gasteiger partial charge >= 0.3 is 17.8 Å². The highest BCUT2D eigenvalue weighted by Crippen LogP contribution is 2.27. The molecule has 9 heteroatoms. The molecule has 0 aromatic carbocycles. The average molecular weight is 310 g/mol. The fourth-order valence-electron chi connectivity index (χ4n) is 1.91. The van der Waals surface area contributed by atoms with Crippen LogP contribution in [0.4, 0.5) is 5.82 Å². The molecule has 1 rings (SSSR count). The van der Waals surface area contributed by atoms with Gasteiger partial charge in [-0.05, 0) is 4.92 Å². The molecule has 118 valence electrons. The number of allylic oxidation sites excluding steroid dienone is 1. The van der Waals surface area contributed by atoms with E-state index in [4.69, 9.17) is 0 Å². The molecule has 0 aliphatic heterocycles. The Labute approximate surface area is 125 Å². The van der Waals surface area contributed by atoms with Crippen molar-refractivity contribution in [2.24, 2.45) is 0 Å². The van der Waals surface area contributed by atoms with Crippen LogP contribution >= 0.6 is 0 Å². The highest BCUT2D eigenvalue weighted by Gasteiger charge is 2.37. The van der Waals surface area contributed by atoms with Gasteiger partial charge in [0.25, 0.3) is 5.78 Å². The zero-order chi connectivity index (χ0) is 16.9. The van der Waals surface area contributed by atoms with Crippen LogP contribution in [0.5, 0.6) is 0 Å². The summed E-state index contributed by atoms with van der Waals surface area (Å²) in [6, 6.07) is 0.867. The smallest absolute Gasteiger partial charge is 0.378 e. The highest BCUT2D eigenvalue weighted by atomic mass is 16.6. The molecule has 0 radical (unpaired) electrons. The van der Waals surface area contributed by atoms with Crippen LogP contribution in [0.1, 0.15) is 23.0 Å². The van der Waals surface area contributed by atoms with Crippen LogP contribution in [0.15, 0.2) is 24.8 Å². The maximum Gasteiger partial charge on any atom is 0.378 e. The number of esters is 2. The fourth-order valence-corrected chi connectivity index (χ4v) is 1.91. The molecule has 0 fully saturated rings. The Bertz CT molecular complexity index is 632. The predicted octanol–water partition coefficient (Wildman–Crippen LogP) is 1.04. The van der Waals surface area contributed by atoms with Gasteiger partial charge in [-0.15, -0.1) is 6.58 Å². The second-order valence-electron chi connectivity index (χ2n) is 4.09. The SMILES string of the molecule is C=CCC(C(=O)C(=O)OC)n1c(C(=O)OC)ccc1[N+](=O)[O-]. The monoisotopic (exact) mass is 310 g/mol. The van der Waals surface area contributed by atoms with Crippen LogP contribution in [0.25, 0.3) is 0 Å². The number of ether oxygens (including phenoxy) is 2. The number of nitro groups is 1. The number of rotatable bonds is 7. The highest BCUT2D eigenvalue weighted by molar-refractivity contribution is 6.35. The van der Waals surface area contributed by atoms with Crippen molar-refractivity contribution in [3.8, 4) is 0 Å². The van der Waals surface area contributed by atoms with Crippen LogP contribution < -0.4 is 0 Å². The minimum atomic E-state index is -1.32. The summed E-state index contributed by atoms with van der Waals surface area (Å²) in [4.78, 5) is 45.6. The van der Waals surface area contributed by atoms with E-state index in [0.29, 0.717) is 0 Å². The third-order valence-electron chi connectivity index (χ3n) is 2.87. The lowest BCUT2D eigenvalue weighted by Gasteiger charge is -2.14. The first kappa shape index (κ1) is 17.1. The fraction of sp³-hybridized carbons (Fsp3) is 0.308. The van der Waals surface area contributed by atoms with Crippen LogP contribution in [0, 0.1) is 10.1 Å². The summed E-state index contributed by atoms with van der Waals surface area (Å²) in [7, 11) is 2.10. The Morgan fingerprint density at radius 2 is 2.00 bits per heavy atom. The third kappa shape index (κ3) is 3.19. The van der Waals surface area contributed by atoms with Gasteiger partial charge in [-0.2, -0.15) is 0 Å². The Hall–Kier alpha value is -2.97. The summed E-state index contributed by atoms with van der Waals surface area (Å²) in [6.45, 7) is 3.44. The van der Waals surface area contributed by atoms with E-state index < -0.39 is 34.5 Å². The zero-order valence-electron chi connectivity index (χ0n) is 12.0. The third-order valence-corrected chi connectivity index (χ3v) is 2.87. The van der Waals surface area contributed by atoms with Gasteiger partial charge in [0, 0.05) is 18.6 Å². The minimum Gasteiger partial charge on any atom is -0.463 e. The quantitative estimate of drug-likeness (QED) is 0.243. The number of ketones is 1. The van der Waals surface area contributed by atoms with Gasteiger partial charge in [0.05, 0.1) is 14.2 Å². The molecule has 0 aliphatic rings. The number of Topliss-reactive ketones (excluding diaryl/α,β-unsaturated/α-hetero) is 1. The number of aromatic nitrogens is 1. The molecule has 1 atom stereocenters. The van der Waals surface area contributed by atoms with E-state index in [0.717, 1.165) is 30.9 Å². The summed E-state index contributed by atoms with van der Waals surface area (Å²) in [6.07, 6.45) is 1.20. The molecular formula is C13H14N2O7. The maximum atomic E-state index is 12.1. The minimum absolute atomic E-state index is 0.104. The van der Waals surface area contributed by atoms with E-state index in [1.54, 1.807) is 0 Å². The first-order valence-electron chi connectivity index (χ1n) is 6.06. The van der Waals surface area contributed by atoms with Gasteiger partial charge in [0.2, 0.25) is 5.69 Å². The van der Waals surface area contributed by atoms with Crippen molar-refractivity contribution in [3.63, 3.8) is 0 Å². The number of carbonyl (C=O) groups excluding carboxylic acids is 3. The number of carbonyl (C=O) groups is 3. The van der Waals surface area contributed by atoms with E-state index in [2.05, 4.69) is 16.1 Å². The molecule has 9 nitrogen and oxygen atoms in total. The van der Waals surface area contributed by atoms with Crippen molar-refractivity contribution >= 4 is 23.5 Å². The molecule has 0 bridgehead atoms. The van der Waals surface area contributed by atoms with E-state index in [1.165, 1.54) is 6.08 Å². The summed E-state index contributed by atoms with van der Waals surface area (Å²) < 4.78 is 9.71. The molecule has 0 amide bonds. The number of methoxy groups -OCH3 is 2. The predicted molar refractivity (Wildman–Crippen MR) is 73.3 cm³/mol. The Balaban J connectivity index is 3.51. The van der Waals surface area contributed by atoms with Gasteiger partial charge in [0.15, 0.2) is 6.04 Å². The largest absolute Gasteiger partial charge is 0.463 e. The first-order valence-corrected chi connectivity index (χ1v) is 6.06. The zero-order valence-corrected chi connectivity index (χ0v) is 12.0. The first-order chi connectivity index (χ1) is 10.4. The molecule has 1 aromatic heterocycles. The standard InChI is InChI=1S/C13H14N2O7/c1-4-5-8(11(16)13(18)22-3)14-9(12(17)21-2)6-7-10(14)15(19)20/h4,6-8H,1,5H2,2-3H3. The normalized spacial score (nSPS) is 11.4. The van der Waals surface area contributed by atoms with Crippen molar-refractivity contribution in [2.45, 2.75) is 12.5 Å². The molecule has 0 N–H and O–H groups in total. The Morgan fingerprint density at radius 3 is 2.45 bits per heavy atom. The maximum absolute atomic E-state index is 12.1. The van der Waals surface area contributed by atoms with Crippen molar-refractivity contribution in [2.75, 3.05) is 14.2 Å². The van der Waals surface area contributed by atoms with Gasteiger partial charge in [-0.3, -0.25) is 4.79 Å². The van der Waals surface area contributed by atoms with Crippen molar-refractivity contribution in [1.82, 2.24) is 4.57 Å². The van der Waals surface area contributed by atoms with Gasteiger partial charge in [-0.25, -0.2) is 14.2 Å². The molecule has 0 aliphatic carbocycles. The van der Waals surface area contributed by atoms with E-state index >= 15 is 0 Å². The van der Waals surface area contributed by atoms with E-state index in [1.807, 2.05) is 0 Å². The molecule has 1 heterocycles. The second kappa shape index (κ2) is 7.16. The molecular weight excluding hydrogens is 296 g/mol. The summed E-state index contributed by atoms with van der Waals surface area (Å²) in [5, 5.41) is 11.1. The number of hydrogen-bond acceptors (Lipinski definition) is 7. The molecule has 1 aromatic rings. The summed E-state index contributed by atoms with van der Waals surface area (Å²) >= 11 is 0. The topological polar surface area (TPSA) is 118 Å². The molecule has 1 unspecified atom stereocenters. The van der Waals surface area contributed by atoms with Crippen LogP contribution in [0.2, 0.25) is 0 Å². The van der Waals surface area contributed by atoms with Crippen molar-refractivity contribution in [1.29, 1.82) is 0 Å². The number of nitrogens with zero attached hydrogens (tertiary/aromatic N) is 2. The van der Waals surface area contributed by atoms with Gasteiger partial charge in [0.1, 0.15) is 0 Å². The number of hydrogen-bond donors (Lipinski definition) is 0. The van der Waals surface area contributed by atoms with Crippen LogP contribution in [-0.4, -0.2) is 41.4 Å². The van der Waals surface area contributed by atoms with E-state index in [9.17, 15) is 24.5 Å². The lowest BCUT2D eigenvalue weighted by atomic mass is 10.1. The van der Waals surface area contributed by atoms with Crippen LogP contribution in [0.3, 0.4) is 0 Å². The van der Waals surface area contributed by atoms with Gasteiger partial charge in [-0.1, -0.05) is 6.08 Å². The average Bonchev–Trinajstić information content (AvgIpc) is 2.95. The Morgan fingerprint density at radius 1 is 1.36 bits per heavy atom. The van der Waals surface area contributed by atoms with Gasteiger partial charge < -0.3 is 19.6 Å². The second-order valence-corrected chi connectivity index (χ2v) is 4.09. The summed E-state index contributed by atoms with van der Waals surface area (Å²) in [5.74, 6) is -3.61. The lowest BCUT2D eigenvalue weighted by Crippen LogP contribution is -2.30. The van der Waals surface area contributed by atoms with Crippen molar-refractivity contribution < 1.29 is 28.8 Å². The molecule has 0 saturated heterocycles. The molecule has 22 heavy (non-hydrogen) atoms. The van der Waals surface area contributed by atoms with Crippen LogP contribution in [-0.2, 0) is 19.1 Å².